The quantitative estimate of drug-likeness (QED) is 0.523. The number of hydrogen-bond acceptors (Lipinski definition) is 5. The molecule has 7 heteroatoms. The summed E-state index contributed by atoms with van der Waals surface area (Å²) in [5.41, 5.74) is 5.47. The molecule has 0 atom stereocenters. The van der Waals surface area contributed by atoms with E-state index in [1.807, 2.05) is 52.8 Å². The summed E-state index contributed by atoms with van der Waals surface area (Å²) in [5, 5.41) is 0.756. The molecule has 1 aromatic heterocycles. The van der Waals surface area contributed by atoms with Crippen LogP contribution in [0.1, 0.15) is 46.7 Å². The second-order valence-corrected chi connectivity index (χ2v) is 8.08. The van der Waals surface area contributed by atoms with Crippen molar-refractivity contribution in [2.24, 2.45) is 4.99 Å². The Morgan fingerprint density at radius 1 is 1.20 bits per heavy atom. The molecule has 2 heterocycles. The number of amidine groups is 1. The minimum absolute atomic E-state index is 0.0108. The zero-order valence-corrected chi connectivity index (χ0v) is 19.1. The molecule has 0 aliphatic carbocycles. The summed E-state index contributed by atoms with van der Waals surface area (Å²) in [4.78, 5) is 31.6. The number of likely N-dealkylation sites (N-methyl/N-ethyl adjacent to an activating group) is 1. The molecular formula is C23H27N3O3S. The predicted molar refractivity (Wildman–Crippen MR) is 122 cm³/mol. The van der Waals surface area contributed by atoms with E-state index in [0.717, 1.165) is 33.4 Å². The fourth-order valence-electron chi connectivity index (χ4n) is 3.58. The highest BCUT2D eigenvalue weighted by molar-refractivity contribution is 8.18. The molecule has 0 radical (unpaired) electrons. The Labute approximate surface area is 181 Å². The van der Waals surface area contributed by atoms with Gasteiger partial charge in [-0.05, 0) is 81.8 Å². The Hall–Kier alpha value is -2.80. The van der Waals surface area contributed by atoms with Crippen molar-refractivity contribution in [2.45, 2.75) is 34.6 Å². The average Bonchev–Trinajstić information content (AvgIpc) is 3.17. The molecule has 30 heavy (non-hydrogen) atoms. The lowest BCUT2D eigenvalue weighted by atomic mass is 10.1. The van der Waals surface area contributed by atoms with E-state index in [1.54, 1.807) is 11.0 Å². The smallest absolute Gasteiger partial charge is 0.337 e. The van der Waals surface area contributed by atoms with Crippen LogP contribution in [0, 0.1) is 20.8 Å². The zero-order chi connectivity index (χ0) is 22.0. The van der Waals surface area contributed by atoms with E-state index in [2.05, 4.69) is 15.6 Å². The monoisotopic (exact) mass is 425 g/mol. The molecule has 6 nitrogen and oxygen atoms in total. The maximum absolute atomic E-state index is 12.8. The normalized spacial score (nSPS) is 16.7. The number of aliphatic imine (C=N–C) groups is 1. The van der Waals surface area contributed by atoms with Crippen LogP contribution < -0.4 is 0 Å². The average molecular weight is 426 g/mol. The molecule has 158 valence electrons. The Bertz CT molecular complexity index is 1070. The minimum Gasteiger partial charge on any atom is -0.465 e. The zero-order valence-electron chi connectivity index (χ0n) is 18.3. The summed E-state index contributed by atoms with van der Waals surface area (Å²) in [6.07, 6.45) is 1.94. The molecule has 0 bridgehead atoms. The number of benzene rings is 1. The summed E-state index contributed by atoms with van der Waals surface area (Å²) in [6.45, 7) is 11.2. The highest BCUT2D eigenvalue weighted by Gasteiger charge is 2.32. The maximum atomic E-state index is 12.8. The number of amides is 1. The largest absolute Gasteiger partial charge is 0.465 e. The van der Waals surface area contributed by atoms with Crippen LogP contribution >= 0.6 is 11.8 Å². The minimum atomic E-state index is -0.364. The van der Waals surface area contributed by atoms with Gasteiger partial charge in [-0.15, -0.1) is 0 Å². The number of thioether (sulfide) groups is 1. The van der Waals surface area contributed by atoms with Crippen LogP contribution in [-0.2, 0) is 9.53 Å². The second-order valence-electron chi connectivity index (χ2n) is 7.07. The molecule has 0 saturated carbocycles. The summed E-state index contributed by atoms with van der Waals surface area (Å²) in [6, 6.07) is 7.59. The number of methoxy groups -OCH3 is 1. The number of aryl methyl sites for hydroxylation is 2. The Balaban J connectivity index is 2.06. The third-order valence-electron chi connectivity index (χ3n) is 5.13. The van der Waals surface area contributed by atoms with E-state index >= 15 is 0 Å². The van der Waals surface area contributed by atoms with Crippen molar-refractivity contribution in [3.05, 3.63) is 57.2 Å². The fraction of sp³-hybridized carbons (Fsp3) is 0.348. The molecule has 1 amide bonds. The lowest BCUT2D eigenvalue weighted by Crippen LogP contribution is -2.28. The summed E-state index contributed by atoms with van der Waals surface area (Å²) in [7, 11) is 1.38. The van der Waals surface area contributed by atoms with Crippen molar-refractivity contribution in [3.63, 3.8) is 0 Å². The van der Waals surface area contributed by atoms with Gasteiger partial charge in [-0.1, -0.05) is 6.07 Å². The SMILES string of the molecule is CCN=C1S/C(=C/c2cc(C)n(-c3cc(C(=O)OC)ccc3C)c2C)C(=O)N1CC. The van der Waals surface area contributed by atoms with E-state index < -0.39 is 0 Å². The van der Waals surface area contributed by atoms with Gasteiger partial charge < -0.3 is 9.30 Å². The molecule has 1 aliphatic rings. The van der Waals surface area contributed by atoms with Gasteiger partial charge in [0.1, 0.15) is 0 Å². The van der Waals surface area contributed by atoms with Crippen LogP contribution in [0.3, 0.4) is 0 Å². The molecule has 3 rings (SSSR count). The van der Waals surface area contributed by atoms with Crippen molar-refractivity contribution in [1.29, 1.82) is 0 Å². The predicted octanol–water partition coefficient (Wildman–Crippen LogP) is 4.50. The van der Waals surface area contributed by atoms with Gasteiger partial charge in [-0.25, -0.2) is 4.79 Å². The number of esters is 1. The van der Waals surface area contributed by atoms with Crippen molar-refractivity contribution >= 4 is 34.9 Å². The summed E-state index contributed by atoms with van der Waals surface area (Å²) >= 11 is 1.42. The Morgan fingerprint density at radius 3 is 2.57 bits per heavy atom. The van der Waals surface area contributed by atoms with Crippen LogP contribution in [0.15, 0.2) is 34.2 Å². The van der Waals surface area contributed by atoms with Crippen molar-refractivity contribution in [1.82, 2.24) is 9.47 Å². The van der Waals surface area contributed by atoms with Gasteiger partial charge in [0.25, 0.3) is 5.91 Å². The number of ether oxygens (including phenoxy) is 1. The van der Waals surface area contributed by atoms with Crippen molar-refractivity contribution in [3.8, 4) is 5.69 Å². The van der Waals surface area contributed by atoms with Gasteiger partial charge in [0.05, 0.1) is 17.6 Å². The number of rotatable bonds is 5. The third kappa shape index (κ3) is 3.94. The van der Waals surface area contributed by atoms with Crippen LogP contribution in [0.4, 0.5) is 0 Å². The second kappa shape index (κ2) is 8.92. The van der Waals surface area contributed by atoms with Gasteiger partial charge in [-0.2, -0.15) is 0 Å². The molecule has 2 aromatic rings. The standard InChI is InChI=1S/C23H27N3O3S/c1-7-24-23-25(8-2)21(27)20(30-23)13-18-11-15(4)26(16(18)5)19-12-17(22(28)29-6)10-9-14(19)3/h9-13H,7-8H2,1-6H3/b20-13+,24-23?. The number of carbonyl (C=O) groups excluding carboxylic acids is 2. The van der Waals surface area contributed by atoms with Crippen LogP contribution in [0.2, 0.25) is 0 Å². The first kappa shape index (κ1) is 21.9. The first-order chi connectivity index (χ1) is 14.3. The molecule has 1 fully saturated rings. The summed E-state index contributed by atoms with van der Waals surface area (Å²) < 4.78 is 6.98. The first-order valence-corrected chi connectivity index (χ1v) is 10.8. The van der Waals surface area contributed by atoms with Crippen LogP contribution in [0.25, 0.3) is 11.8 Å². The van der Waals surface area contributed by atoms with E-state index in [9.17, 15) is 9.59 Å². The molecule has 0 unspecified atom stereocenters. The first-order valence-electron chi connectivity index (χ1n) is 9.96. The lowest BCUT2D eigenvalue weighted by molar-refractivity contribution is -0.122. The van der Waals surface area contributed by atoms with Gasteiger partial charge in [-0.3, -0.25) is 14.7 Å². The van der Waals surface area contributed by atoms with Crippen molar-refractivity contribution < 1.29 is 14.3 Å². The van der Waals surface area contributed by atoms with E-state index in [1.165, 1.54) is 18.9 Å². The molecule has 0 spiro atoms. The molecule has 0 N–H and O–H groups in total. The molecule has 1 aromatic carbocycles. The Kier molecular flexibility index (Phi) is 6.51. The topological polar surface area (TPSA) is 63.9 Å². The molecular weight excluding hydrogens is 398 g/mol. The van der Waals surface area contributed by atoms with Crippen LogP contribution in [0.5, 0.6) is 0 Å². The van der Waals surface area contributed by atoms with Gasteiger partial charge >= 0.3 is 5.97 Å². The highest BCUT2D eigenvalue weighted by atomic mass is 32.2. The van der Waals surface area contributed by atoms with Gasteiger partial charge in [0, 0.05) is 30.2 Å². The van der Waals surface area contributed by atoms with E-state index in [4.69, 9.17) is 4.74 Å². The van der Waals surface area contributed by atoms with E-state index in [-0.39, 0.29) is 11.9 Å². The molecule has 1 aliphatic heterocycles. The number of aromatic nitrogens is 1. The third-order valence-corrected chi connectivity index (χ3v) is 6.17. The van der Waals surface area contributed by atoms with Crippen LogP contribution in [-0.4, -0.2) is 46.7 Å². The van der Waals surface area contributed by atoms with E-state index in [0.29, 0.717) is 23.6 Å². The highest BCUT2D eigenvalue weighted by Crippen LogP contribution is 2.34. The summed E-state index contributed by atoms with van der Waals surface area (Å²) in [5.74, 6) is -0.375. The van der Waals surface area contributed by atoms with Crippen molar-refractivity contribution in [2.75, 3.05) is 20.2 Å². The maximum Gasteiger partial charge on any atom is 0.337 e. The van der Waals surface area contributed by atoms with Gasteiger partial charge in [0.15, 0.2) is 5.17 Å². The Morgan fingerprint density at radius 2 is 1.93 bits per heavy atom. The number of carbonyl (C=O) groups is 2. The number of nitrogens with zero attached hydrogens (tertiary/aromatic N) is 3. The lowest BCUT2D eigenvalue weighted by Gasteiger charge is -2.14. The molecule has 1 saturated heterocycles. The van der Waals surface area contributed by atoms with Gasteiger partial charge in [0.2, 0.25) is 0 Å². The fourth-order valence-corrected chi connectivity index (χ4v) is 4.68. The number of hydrogen-bond donors (Lipinski definition) is 0.